The highest BCUT2D eigenvalue weighted by molar-refractivity contribution is 5.96. The van der Waals surface area contributed by atoms with Gasteiger partial charge in [-0.15, -0.1) is 0 Å². The van der Waals surface area contributed by atoms with Gasteiger partial charge in [0, 0.05) is 25.8 Å². The van der Waals surface area contributed by atoms with Gasteiger partial charge >= 0.3 is 0 Å². The quantitative estimate of drug-likeness (QED) is 0.751. The highest BCUT2D eigenvalue weighted by atomic mass is 16.5. The third-order valence-corrected chi connectivity index (χ3v) is 6.39. The summed E-state index contributed by atoms with van der Waals surface area (Å²) < 4.78 is 16.7. The van der Waals surface area contributed by atoms with Crippen LogP contribution in [0.1, 0.15) is 41.6 Å². The number of nitrogens with zero attached hydrogens (tertiary/aromatic N) is 2. The molecule has 0 N–H and O–H groups in total. The summed E-state index contributed by atoms with van der Waals surface area (Å²) in [6, 6.07) is 14.1. The van der Waals surface area contributed by atoms with Crippen LogP contribution in [0.25, 0.3) is 0 Å². The minimum absolute atomic E-state index is 0.0477. The molecule has 0 saturated carbocycles. The molecule has 3 heterocycles. The van der Waals surface area contributed by atoms with Gasteiger partial charge in [-0.2, -0.15) is 4.98 Å². The van der Waals surface area contributed by atoms with Crippen molar-refractivity contribution in [3.63, 3.8) is 0 Å². The second kappa shape index (κ2) is 9.04. The van der Waals surface area contributed by atoms with Crippen LogP contribution in [0, 0.1) is 5.92 Å². The van der Waals surface area contributed by atoms with E-state index in [-0.39, 0.29) is 11.5 Å². The summed E-state index contributed by atoms with van der Waals surface area (Å²) in [6.45, 7) is 2.18. The number of piperidine rings is 1. The third-order valence-electron chi connectivity index (χ3n) is 6.39. The number of benzene rings is 1. The van der Waals surface area contributed by atoms with Gasteiger partial charge in [-0.25, -0.2) is 0 Å². The number of ether oxygens (including phenoxy) is 3. The molecule has 160 valence electrons. The molecule has 1 atom stereocenters. The average molecular weight is 411 g/mol. The van der Waals surface area contributed by atoms with Crippen LogP contribution in [-0.2, 0) is 11.2 Å². The van der Waals surface area contributed by atoms with Gasteiger partial charge in [0.05, 0.1) is 19.8 Å². The van der Waals surface area contributed by atoms with E-state index in [1.807, 2.05) is 4.90 Å². The zero-order chi connectivity index (χ0) is 21.0. The van der Waals surface area contributed by atoms with Crippen LogP contribution in [0.2, 0.25) is 0 Å². The Bertz CT molecular complexity index is 863. The molecule has 2 aliphatic heterocycles. The van der Waals surface area contributed by atoms with Crippen molar-refractivity contribution in [2.24, 2.45) is 5.92 Å². The van der Waals surface area contributed by atoms with Gasteiger partial charge in [0.25, 0.3) is 5.91 Å². The zero-order valence-corrected chi connectivity index (χ0v) is 17.8. The van der Waals surface area contributed by atoms with Crippen molar-refractivity contribution in [2.45, 2.75) is 37.7 Å². The number of carbonyl (C=O) groups excluding carboxylic acids is 1. The van der Waals surface area contributed by atoms with E-state index in [9.17, 15) is 4.79 Å². The van der Waals surface area contributed by atoms with Gasteiger partial charge in [0.15, 0.2) is 0 Å². The van der Waals surface area contributed by atoms with Crippen LogP contribution in [0.15, 0.2) is 42.5 Å². The molecule has 6 nitrogen and oxygen atoms in total. The summed E-state index contributed by atoms with van der Waals surface area (Å²) in [5.74, 6) is 1.32. The van der Waals surface area contributed by atoms with Gasteiger partial charge in [0.1, 0.15) is 5.56 Å². The van der Waals surface area contributed by atoms with E-state index >= 15 is 0 Å². The Morgan fingerprint density at radius 3 is 2.60 bits per heavy atom. The molecule has 1 aromatic carbocycles. The summed E-state index contributed by atoms with van der Waals surface area (Å²) in [4.78, 5) is 19.2. The van der Waals surface area contributed by atoms with Crippen molar-refractivity contribution in [2.75, 3.05) is 33.9 Å². The van der Waals surface area contributed by atoms with Crippen molar-refractivity contribution in [3.05, 3.63) is 53.6 Å². The molecule has 1 aromatic heterocycles. The first-order valence-corrected chi connectivity index (χ1v) is 10.7. The maximum atomic E-state index is 13.1. The van der Waals surface area contributed by atoms with E-state index in [0.717, 1.165) is 38.7 Å². The summed E-state index contributed by atoms with van der Waals surface area (Å²) in [5, 5.41) is 0. The van der Waals surface area contributed by atoms with Gasteiger partial charge in [-0.3, -0.25) is 4.79 Å². The van der Waals surface area contributed by atoms with Crippen LogP contribution in [0.3, 0.4) is 0 Å². The van der Waals surface area contributed by atoms with Crippen molar-refractivity contribution in [1.29, 1.82) is 0 Å². The molecule has 0 bridgehead atoms. The maximum Gasteiger partial charge on any atom is 0.259 e. The fourth-order valence-electron chi connectivity index (χ4n) is 4.74. The number of amides is 1. The highest BCUT2D eigenvalue weighted by Gasteiger charge is 2.41. The van der Waals surface area contributed by atoms with Gasteiger partial charge in [-0.1, -0.05) is 30.3 Å². The predicted octanol–water partition coefficient (Wildman–Crippen LogP) is 3.74. The SMILES string of the molecule is COc1ccc(C(=O)N2CCC3(CC2)CC(Cc2ccccc2)CCO3)c(OC)n1. The Morgan fingerprint density at radius 1 is 1.13 bits per heavy atom. The Kier molecular flexibility index (Phi) is 6.23. The van der Waals surface area contributed by atoms with Crippen LogP contribution in [0.4, 0.5) is 0 Å². The molecule has 2 aliphatic rings. The van der Waals surface area contributed by atoms with E-state index in [1.165, 1.54) is 12.7 Å². The molecular weight excluding hydrogens is 380 g/mol. The second-order valence-corrected chi connectivity index (χ2v) is 8.28. The Labute approximate surface area is 178 Å². The number of likely N-dealkylation sites (tertiary alicyclic amines) is 1. The second-order valence-electron chi connectivity index (χ2n) is 8.28. The molecule has 1 unspecified atom stereocenters. The fraction of sp³-hybridized carbons (Fsp3) is 0.500. The molecular formula is C24H30N2O4. The number of rotatable bonds is 5. The number of pyridine rings is 1. The van der Waals surface area contributed by atoms with Crippen molar-refractivity contribution >= 4 is 5.91 Å². The molecule has 1 spiro atoms. The van der Waals surface area contributed by atoms with E-state index in [4.69, 9.17) is 14.2 Å². The third kappa shape index (κ3) is 4.43. The lowest BCUT2D eigenvalue weighted by Gasteiger charge is -2.46. The summed E-state index contributed by atoms with van der Waals surface area (Å²) in [6.07, 6.45) is 5.01. The molecule has 6 heteroatoms. The van der Waals surface area contributed by atoms with Crippen LogP contribution < -0.4 is 9.47 Å². The number of carbonyl (C=O) groups is 1. The minimum Gasteiger partial charge on any atom is -0.481 e. The zero-order valence-electron chi connectivity index (χ0n) is 17.8. The number of aromatic nitrogens is 1. The molecule has 30 heavy (non-hydrogen) atoms. The number of hydrogen-bond acceptors (Lipinski definition) is 5. The largest absolute Gasteiger partial charge is 0.481 e. The van der Waals surface area contributed by atoms with Crippen molar-refractivity contribution in [1.82, 2.24) is 9.88 Å². The van der Waals surface area contributed by atoms with E-state index in [1.54, 1.807) is 19.2 Å². The minimum atomic E-state index is -0.100. The first-order valence-electron chi connectivity index (χ1n) is 10.7. The van der Waals surface area contributed by atoms with Crippen molar-refractivity contribution < 1.29 is 19.0 Å². The van der Waals surface area contributed by atoms with Gasteiger partial charge in [0.2, 0.25) is 11.8 Å². The first-order chi connectivity index (χ1) is 14.6. The smallest absolute Gasteiger partial charge is 0.259 e. The monoisotopic (exact) mass is 410 g/mol. The first kappa shape index (κ1) is 20.7. The van der Waals surface area contributed by atoms with Crippen LogP contribution in [0.5, 0.6) is 11.8 Å². The fourth-order valence-corrected chi connectivity index (χ4v) is 4.74. The molecule has 1 amide bonds. The average Bonchev–Trinajstić information content (AvgIpc) is 2.79. The standard InChI is InChI=1S/C24H30N2O4/c1-28-21-9-8-20(22(25-21)29-2)23(27)26-13-11-24(12-14-26)17-19(10-15-30-24)16-18-6-4-3-5-7-18/h3-9,19H,10-17H2,1-2H3. The normalized spacial score (nSPS) is 20.7. The van der Waals surface area contributed by atoms with Gasteiger partial charge < -0.3 is 19.1 Å². The lowest BCUT2D eigenvalue weighted by molar-refractivity contribution is -0.123. The van der Waals surface area contributed by atoms with Gasteiger partial charge in [-0.05, 0) is 49.7 Å². The molecule has 0 radical (unpaired) electrons. The highest BCUT2D eigenvalue weighted by Crippen LogP contribution is 2.39. The molecule has 2 fully saturated rings. The predicted molar refractivity (Wildman–Crippen MR) is 114 cm³/mol. The van der Waals surface area contributed by atoms with Crippen LogP contribution >= 0.6 is 0 Å². The van der Waals surface area contributed by atoms with E-state index in [0.29, 0.717) is 36.3 Å². The summed E-state index contributed by atoms with van der Waals surface area (Å²) in [7, 11) is 3.06. The number of hydrogen-bond donors (Lipinski definition) is 0. The van der Waals surface area contributed by atoms with E-state index in [2.05, 4.69) is 35.3 Å². The summed E-state index contributed by atoms with van der Waals surface area (Å²) in [5.41, 5.74) is 1.77. The molecule has 0 aliphatic carbocycles. The molecule has 2 aromatic rings. The molecule has 4 rings (SSSR count). The van der Waals surface area contributed by atoms with E-state index < -0.39 is 0 Å². The van der Waals surface area contributed by atoms with Crippen molar-refractivity contribution in [3.8, 4) is 11.8 Å². The number of methoxy groups -OCH3 is 2. The Hall–Kier alpha value is -2.60. The topological polar surface area (TPSA) is 60.9 Å². The lowest BCUT2D eigenvalue weighted by Crippen LogP contribution is -2.51. The lowest BCUT2D eigenvalue weighted by atomic mass is 9.77. The Balaban J connectivity index is 1.39. The summed E-state index contributed by atoms with van der Waals surface area (Å²) >= 11 is 0. The molecule has 2 saturated heterocycles. The van der Waals surface area contributed by atoms with Crippen LogP contribution in [-0.4, -0.2) is 55.3 Å². The Morgan fingerprint density at radius 2 is 1.90 bits per heavy atom. The maximum absolute atomic E-state index is 13.1.